The van der Waals surface area contributed by atoms with Crippen molar-refractivity contribution >= 4 is 5.91 Å². The molecule has 0 saturated heterocycles. The number of carbonyl (C=O) groups is 1. The first kappa shape index (κ1) is 16.8. The number of nitrogens with one attached hydrogen (secondary N) is 1. The molecule has 1 aromatic rings. The molecule has 3 heteroatoms. The lowest BCUT2D eigenvalue weighted by Crippen LogP contribution is -2.34. The first-order valence-electron chi connectivity index (χ1n) is 8.43. The van der Waals surface area contributed by atoms with E-state index in [2.05, 4.69) is 5.32 Å². The van der Waals surface area contributed by atoms with Crippen LogP contribution in [0.1, 0.15) is 50.5 Å². The van der Waals surface area contributed by atoms with Crippen molar-refractivity contribution in [3.63, 3.8) is 0 Å². The van der Waals surface area contributed by atoms with Gasteiger partial charge < -0.3 is 10.1 Å². The molecule has 2 rings (SSSR count). The van der Waals surface area contributed by atoms with E-state index in [0.29, 0.717) is 19.3 Å². The Morgan fingerprint density at radius 3 is 2.50 bits per heavy atom. The van der Waals surface area contributed by atoms with Crippen molar-refractivity contribution in [3.8, 4) is 0 Å². The van der Waals surface area contributed by atoms with E-state index in [0.717, 1.165) is 18.4 Å². The number of benzene rings is 1. The number of hydrogen-bond acceptors (Lipinski definition) is 2. The largest absolute Gasteiger partial charge is 0.373 e. The van der Waals surface area contributed by atoms with Crippen LogP contribution in [0.5, 0.6) is 0 Å². The Labute approximate surface area is 133 Å². The normalized spacial score (nSPS) is 17.1. The maximum atomic E-state index is 11.9. The van der Waals surface area contributed by atoms with E-state index in [4.69, 9.17) is 4.74 Å². The van der Waals surface area contributed by atoms with Gasteiger partial charge in [-0.25, -0.2) is 0 Å². The van der Waals surface area contributed by atoms with E-state index in [-0.39, 0.29) is 5.91 Å². The smallest absolute Gasteiger partial charge is 0.243 e. The van der Waals surface area contributed by atoms with Gasteiger partial charge in [-0.2, -0.15) is 0 Å². The Bertz CT molecular complexity index is 448. The van der Waals surface area contributed by atoms with Crippen LogP contribution in [0.4, 0.5) is 0 Å². The van der Waals surface area contributed by atoms with Crippen LogP contribution in [0.15, 0.2) is 42.5 Å². The van der Waals surface area contributed by atoms with Crippen LogP contribution in [0.3, 0.4) is 0 Å². The van der Waals surface area contributed by atoms with Gasteiger partial charge in [-0.1, -0.05) is 68.5 Å². The molecule has 0 spiro atoms. The van der Waals surface area contributed by atoms with Crippen molar-refractivity contribution in [1.29, 1.82) is 0 Å². The Morgan fingerprint density at radius 2 is 1.77 bits per heavy atom. The van der Waals surface area contributed by atoms with Crippen LogP contribution < -0.4 is 5.32 Å². The van der Waals surface area contributed by atoms with Crippen molar-refractivity contribution in [3.05, 3.63) is 48.0 Å². The highest BCUT2D eigenvalue weighted by molar-refractivity contribution is 5.87. The van der Waals surface area contributed by atoms with Crippen LogP contribution in [0.2, 0.25) is 0 Å². The fraction of sp³-hybridized carbons (Fsp3) is 0.526. The highest BCUT2D eigenvalue weighted by atomic mass is 16.5. The summed E-state index contributed by atoms with van der Waals surface area (Å²) in [6.45, 7) is 1.04. The fourth-order valence-electron chi connectivity index (χ4n) is 2.82. The van der Waals surface area contributed by atoms with E-state index in [1.54, 1.807) is 12.2 Å². The summed E-state index contributed by atoms with van der Waals surface area (Å²) in [6.07, 6.45) is 12.0. The van der Waals surface area contributed by atoms with Crippen LogP contribution in [0.25, 0.3) is 0 Å². The third kappa shape index (κ3) is 6.90. The van der Waals surface area contributed by atoms with Crippen molar-refractivity contribution in [2.75, 3.05) is 6.61 Å². The molecule has 1 aliphatic carbocycles. The molecule has 0 aliphatic heterocycles. The first-order chi connectivity index (χ1) is 10.8. The molecular weight excluding hydrogens is 274 g/mol. The van der Waals surface area contributed by atoms with Crippen molar-refractivity contribution in [1.82, 2.24) is 5.32 Å². The summed E-state index contributed by atoms with van der Waals surface area (Å²) in [5.41, 5.74) is 1.15. The van der Waals surface area contributed by atoms with Gasteiger partial charge in [-0.05, 0) is 18.4 Å². The minimum absolute atomic E-state index is 0.00823. The molecule has 1 saturated carbocycles. The van der Waals surface area contributed by atoms with Crippen LogP contribution in [0, 0.1) is 0 Å². The van der Waals surface area contributed by atoms with Crippen molar-refractivity contribution in [2.24, 2.45) is 0 Å². The van der Waals surface area contributed by atoms with E-state index in [9.17, 15) is 4.79 Å². The van der Waals surface area contributed by atoms with Gasteiger partial charge >= 0.3 is 0 Å². The first-order valence-corrected chi connectivity index (χ1v) is 8.43. The lowest BCUT2D eigenvalue weighted by molar-refractivity contribution is -0.117. The Kier molecular flexibility index (Phi) is 7.75. The average Bonchev–Trinajstić information content (AvgIpc) is 2.50. The maximum absolute atomic E-state index is 11.9. The molecule has 0 atom stereocenters. The summed E-state index contributed by atoms with van der Waals surface area (Å²) in [6, 6.07) is 10.4. The Morgan fingerprint density at radius 1 is 1.09 bits per heavy atom. The van der Waals surface area contributed by atoms with Gasteiger partial charge in [-0.15, -0.1) is 0 Å². The highest BCUT2D eigenvalue weighted by Crippen LogP contribution is 2.16. The van der Waals surface area contributed by atoms with Crippen molar-refractivity contribution in [2.45, 2.75) is 57.6 Å². The second kappa shape index (κ2) is 10.2. The zero-order valence-corrected chi connectivity index (χ0v) is 13.3. The van der Waals surface area contributed by atoms with Gasteiger partial charge in [-0.3, -0.25) is 4.79 Å². The molecule has 0 bridgehead atoms. The molecule has 3 nitrogen and oxygen atoms in total. The second-order valence-electron chi connectivity index (χ2n) is 5.95. The number of carbonyl (C=O) groups excluding carboxylic acids is 1. The van der Waals surface area contributed by atoms with Gasteiger partial charge in [0.2, 0.25) is 5.91 Å². The van der Waals surface area contributed by atoms with E-state index >= 15 is 0 Å². The second-order valence-corrected chi connectivity index (χ2v) is 5.95. The molecule has 1 aromatic carbocycles. The SMILES string of the molecule is O=C(/C=C/COCc1ccccc1)NC1CCCCCCC1. The quantitative estimate of drug-likeness (QED) is 0.637. The summed E-state index contributed by atoms with van der Waals surface area (Å²) < 4.78 is 5.53. The molecule has 1 N–H and O–H groups in total. The van der Waals surface area contributed by atoms with Gasteiger partial charge in [0.25, 0.3) is 0 Å². The standard InChI is InChI=1S/C19H27NO2/c21-19(20-18-12-7-2-1-3-8-13-18)14-9-15-22-16-17-10-5-4-6-11-17/h4-6,9-11,14,18H,1-3,7-8,12-13,15-16H2,(H,20,21)/b14-9+. The highest BCUT2D eigenvalue weighted by Gasteiger charge is 2.12. The zero-order valence-electron chi connectivity index (χ0n) is 13.3. The molecular formula is C19H27NO2. The molecule has 1 fully saturated rings. The van der Waals surface area contributed by atoms with Crippen LogP contribution in [-0.2, 0) is 16.1 Å². The number of rotatable bonds is 6. The maximum Gasteiger partial charge on any atom is 0.243 e. The zero-order chi connectivity index (χ0) is 15.5. The predicted octanol–water partition coefficient (Wildman–Crippen LogP) is 3.99. The molecule has 1 aliphatic rings. The molecule has 0 aromatic heterocycles. The van der Waals surface area contributed by atoms with Crippen molar-refractivity contribution < 1.29 is 9.53 Å². The number of amides is 1. The predicted molar refractivity (Wildman–Crippen MR) is 89.5 cm³/mol. The third-order valence-electron chi connectivity index (χ3n) is 4.05. The topological polar surface area (TPSA) is 38.3 Å². The summed E-state index contributed by atoms with van der Waals surface area (Å²) in [5, 5.41) is 3.11. The summed E-state index contributed by atoms with van der Waals surface area (Å²) >= 11 is 0. The molecule has 0 radical (unpaired) electrons. The average molecular weight is 301 g/mol. The summed E-state index contributed by atoms with van der Waals surface area (Å²) in [7, 11) is 0. The van der Waals surface area contributed by atoms with Gasteiger partial charge in [0.05, 0.1) is 13.2 Å². The summed E-state index contributed by atoms with van der Waals surface area (Å²) in [5.74, 6) is 0.00823. The monoisotopic (exact) mass is 301 g/mol. The van der Waals surface area contributed by atoms with Gasteiger partial charge in [0, 0.05) is 12.1 Å². The molecule has 0 heterocycles. The fourth-order valence-corrected chi connectivity index (χ4v) is 2.82. The number of ether oxygens (including phenoxy) is 1. The van der Waals surface area contributed by atoms with E-state index < -0.39 is 0 Å². The molecule has 1 amide bonds. The van der Waals surface area contributed by atoms with Gasteiger partial charge in [0.15, 0.2) is 0 Å². The lowest BCUT2D eigenvalue weighted by atomic mass is 9.97. The lowest BCUT2D eigenvalue weighted by Gasteiger charge is -2.20. The minimum Gasteiger partial charge on any atom is -0.373 e. The summed E-state index contributed by atoms with van der Waals surface area (Å²) in [4.78, 5) is 11.9. The Hall–Kier alpha value is -1.61. The number of hydrogen-bond donors (Lipinski definition) is 1. The molecule has 120 valence electrons. The third-order valence-corrected chi connectivity index (χ3v) is 4.05. The van der Waals surface area contributed by atoms with Crippen LogP contribution >= 0.6 is 0 Å². The van der Waals surface area contributed by atoms with Crippen LogP contribution in [-0.4, -0.2) is 18.6 Å². The Balaban J connectivity index is 1.61. The van der Waals surface area contributed by atoms with E-state index in [1.165, 1.54) is 32.1 Å². The molecule has 22 heavy (non-hydrogen) atoms. The van der Waals surface area contributed by atoms with Gasteiger partial charge in [0.1, 0.15) is 0 Å². The van der Waals surface area contributed by atoms with E-state index in [1.807, 2.05) is 30.3 Å². The molecule has 0 unspecified atom stereocenters. The minimum atomic E-state index is 0.00823.